The van der Waals surface area contributed by atoms with Gasteiger partial charge < -0.3 is 0 Å². The molecule has 0 aromatic heterocycles. The fraction of sp³-hybridized carbons (Fsp3) is 0.571. The number of hydrogen-bond donors (Lipinski definition) is 0. The summed E-state index contributed by atoms with van der Waals surface area (Å²) in [5.41, 5.74) is 2.87. The molecule has 0 heterocycles. The fourth-order valence-corrected chi connectivity index (χ4v) is 1.92. The Labute approximate surface area is 88.4 Å². The third-order valence-corrected chi connectivity index (χ3v) is 2.79. The predicted molar refractivity (Wildman–Crippen MR) is 63.6 cm³/mol. The van der Waals surface area contributed by atoms with Crippen LogP contribution < -0.4 is 0 Å². The van der Waals surface area contributed by atoms with Gasteiger partial charge in [-0.1, -0.05) is 56.5 Å². The van der Waals surface area contributed by atoms with Crippen molar-refractivity contribution in [3.63, 3.8) is 0 Å². The molecule has 0 bridgehead atoms. The first-order chi connectivity index (χ1) is 6.72. The van der Waals surface area contributed by atoms with E-state index in [1.54, 1.807) is 0 Å². The van der Waals surface area contributed by atoms with E-state index in [1.165, 1.54) is 36.8 Å². The van der Waals surface area contributed by atoms with Gasteiger partial charge in [0.1, 0.15) is 0 Å². The van der Waals surface area contributed by atoms with E-state index in [9.17, 15) is 0 Å². The summed E-state index contributed by atoms with van der Waals surface area (Å²) in [6.07, 6.45) is 5.25. The fourth-order valence-electron chi connectivity index (χ4n) is 1.92. The summed E-state index contributed by atoms with van der Waals surface area (Å²) >= 11 is 0. The SMILES string of the molecule is CCCC(C)CCc1cccc(C)c1. The maximum atomic E-state index is 2.36. The second-order valence-electron chi connectivity index (χ2n) is 4.42. The van der Waals surface area contributed by atoms with Crippen LogP contribution in [0, 0.1) is 12.8 Å². The van der Waals surface area contributed by atoms with Gasteiger partial charge in [-0.3, -0.25) is 0 Å². The van der Waals surface area contributed by atoms with E-state index in [-0.39, 0.29) is 0 Å². The molecule has 0 heteroatoms. The van der Waals surface area contributed by atoms with Crippen molar-refractivity contribution in [2.24, 2.45) is 5.92 Å². The van der Waals surface area contributed by atoms with Crippen LogP contribution in [0.4, 0.5) is 0 Å². The van der Waals surface area contributed by atoms with E-state index >= 15 is 0 Å². The quantitative estimate of drug-likeness (QED) is 0.647. The Morgan fingerprint density at radius 1 is 1.21 bits per heavy atom. The predicted octanol–water partition coefficient (Wildman–Crippen LogP) is 4.36. The van der Waals surface area contributed by atoms with Crippen LogP contribution in [-0.2, 0) is 6.42 Å². The molecule has 1 aromatic carbocycles. The summed E-state index contributed by atoms with van der Waals surface area (Å²) in [6, 6.07) is 8.87. The lowest BCUT2D eigenvalue weighted by Gasteiger charge is -2.09. The Morgan fingerprint density at radius 2 is 2.00 bits per heavy atom. The van der Waals surface area contributed by atoms with Crippen LogP contribution in [0.15, 0.2) is 24.3 Å². The van der Waals surface area contributed by atoms with Crippen molar-refractivity contribution in [3.8, 4) is 0 Å². The molecule has 1 unspecified atom stereocenters. The standard InChI is InChI=1S/C14H22/c1-4-6-12(2)9-10-14-8-5-7-13(3)11-14/h5,7-8,11-12H,4,6,9-10H2,1-3H3. The van der Waals surface area contributed by atoms with E-state index in [4.69, 9.17) is 0 Å². The largest absolute Gasteiger partial charge is 0.0654 e. The zero-order valence-electron chi connectivity index (χ0n) is 9.72. The van der Waals surface area contributed by atoms with Crippen molar-refractivity contribution in [1.82, 2.24) is 0 Å². The second-order valence-corrected chi connectivity index (χ2v) is 4.42. The molecule has 0 amide bonds. The van der Waals surface area contributed by atoms with Gasteiger partial charge in [0.05, 0.1) is 0 Å². The van der Waals surface area contributed by atoms with Gasteiger partial charge in [-0.05, 0) is 31.2 Å². The Morgan fingerprint density at radius 3 is 2.64 bits per heavy atom. The van der Waals surface area contributed by atoms with E-state index in [1.807, 2.05) is 0 Å². The first kappa shape index (κ1) is 11.3. The molecule has 0 aliphatic rings. The van der Waals surface area contributed by atoms with Crippen LogP contribution in [0.2, 0.25) is 0 Å². The molecule has 0 aliphatic carbocycles. The van der Waals surface area contributed by atoms with Crippen LogP contribution in [0.25, 0.3) is 0 Å². The molecule has 0 fully saturated rings. The van der Waals surface area contributed by atoms with E-state index < -0.39 is 0 Å². The van der Waals surface area contributed by atoms with Crippen LogP contribution in [0.1, 0.15) is 44.2 Å². The van der Waals surface area contributed by atoms with Crippen LogP contribution in [0.3, 0.4) is 0 Å². The average molecular weight is 190 g/mol. The highest BCUT2D eigenvalue weighted by Gasteiger charge is 2.01. The minimum absolute atomic E-state index is 0.875. The Balaban J connectivity index is 2.37. The summed E-state index contributed by atoms with van der Waals surface area (Å²) in [4.78, 5) is 0. The second kappa shape index (κ2) is 5.85. The van der Waals surface area contributed by atoms with E-state index in [0.717, 1.165) is 5.92 Å². The lowest BCUT2D eigenvalue weighted by atomic mass is 9.97. The van der Waals surface area contributed by atoms with Crippen molar-refractivity contribution in [3.05, 3.63) is 35.4 Å². The van der Waals surface area contributed by atoms with Gasteiger partial charge in [0.25, 0.3) is 0 Å². The third kappa shape index (κ3) is 3.95. The molecule has 0 N–H and O–H groups in total. The lowest BCUT2D eigenvalue weighted by Crippen LogP contribution is -1.96. The number of hydrogen-bond acceptors (Lipinski definition) is 0. The first-order valence-corrected chi connectivity index (χ1v) is 5.78. The average Bonchev–Trinajstić information content (AvgIpc) is 2.15. The van der Waals surface area contributed by atoms with E-state index in [0.29, 0.717) is 0 Å². The first-order valence-electron chi connectivity index (χ1n) is 5.78. The molecule has 1 rings (SSSR count). The van der Waals surface area contributed by atoms with Gasteiger partial charge in [-0.25, -0.2) is 0 Å². The van der Waals surface area contributed by atoms with Crippen molar-refractivity contribution in [1.29, 1.82) is 0 Å². The van der Waals surface area contributed by atoms with Gasteiger partial charge >= 0.3 is 0 Å². The number of aryl methyl sites for hydroxylation is 2. The maximum absolute atomic E-state index is 2.36. The van der Waals surface area contributed by atoms with Gasteiger partial charge in [0, 0.05) is 0 Å². The minimum atomic E-state index is 0.875. The molecule has 0 saturated carbocycles. The molecule has 0 spiro atoms. The summed E-state index contributed by atoms with van der Waals surface area (Å²) in [6.45, 7) is 6.79. The molecular formula is C14H22. The lowest BCUT2D eigenvalue weighted by molar-refractivity contribution is 0.486. The minimum Gasteiger partial charge on any atom is -0.0654 e. The molecular weight excluding hydrogens is 168 g/mol. The van der Waals surface area contributed by atoms with Crippen LogP contribution >= 0.6 is 0 Å². The summed E-state index contributed by atoms with van der Waals surface area (Å²) in [5.74, 6) is 0.875. The highest BCUT2D eigenvalue weighted by molar-refractivity contribution is 5.22. The maximum Gasteiger partial charge on any atom is -0.0276 e. The van der Waals surface area contributed by atoms with Crippen molar-refractivity contribution < 1.29 is 0 Å². The summed E-state index contributed by atoms with van der Waals surface area (Å²) in [7, 11) is 0. The van der Waals surface area contributed by atoms with Gasteiger partial charge in [-0.15, -0.1) is 0 Å². The molecule has 0 radical (unpaired) electrons. The van der Waals surface area contributed by atoms with Crippen molar-refractivity contribution >= 4 is 0 Å². The normalized spacial score (nSPS) is 12.8. The molecule has 1 aromatic rings. The highest BCUT2D eigenvalue weighted by atomic mass is 14.1. The van der Waals surface area contributed by atoms with Gasteiger partial charge in [0.15, 0.2) is 0 Å². The number of rotatable bonds is 5. The van der Waals surface area contributed by atoms with Crippen molar-refractivity contribution in [2.75, 3.05) is 0 Å². The topological polar surface area (TPSA) is 0 Å². The van der Waals surface area contributed by atoms with E-state index in [2.05, 4.69) is 45.0 Å². The molecule has 14 heavy (non-hydrogen) atoms. The monoisotopic (exact) mass is 190 g/mol. The smallest absolute Gasteiger partial charge is 0.0276 e. The molecule has 0 aliphatic heterocycles. The Bertz CT molecular complexity index is 262. The third-order valence-electron chi connectivity index (χ3n) is 2.79. The number of benzene rings is 1. The zero-order valence-corrected chi connectivity index (χ0v) is 9.72. The molecule has 78 valence electrons. The Kier molecular flexibility index (Phi) is 4.72. The van der Waals surface area contributed by atoms with Crippen LogP contribution in [-0.4, -0.2) is 0 Å². The Hall–Kier alpha value is -0.780. The zero-order chi connectivity index (χ0) is 10.4. The summed E-state index contributed by atoms with van der Waals surface area (Å²) in [5, 5.41) is 0. The molecule has 1 atom stereocenters. The van der Waals surface area contributed by atoms with Gasteiger partial charge in [0.2, 0.25) is 0 Å². The van der Waals surface area contributed by atoms with Gasteiger partial charge in [-0.2, -0.15) is 0 Å². The highest BCUT2D eigenvalue weighted by Crippen LogP contribution is 2.14. The summed E-state index contributed by atoms with van der Waals surface area (Å²) < 4.78 is 0. The van der Waals surface area contributed by atoms with Crippen molar-refractivity contribution in [2.45, 2.75) is 46.5 Å². The molecule has 0 saturated heterocycles. The van der Waals surface area contributed by atoms with Crippen LogP contribution in [0.5, 0.6) is 0 Å². The molecule has 0 nitrogen and oxygen atoms in total.